The fourth-order valence-electron chi connectivity index (χ4n) is 4.30. The van der Waals surface area contributed by atoms with Gasteiger partial charge < -0.3 is 25.8 Å². The number of nitrogens with zero attached hydrogens (tertiary/aromatic N) is 1. The summed E-state index contributed by atoms with van der Waals surface area (Å²) in [6.07, 6.45) is 3.01. The summed E-state index contributed by atoms with van der Waals surface area (Å²) < 4.78 is 13.1. The predicted octanol–water partition coefficient (Wildman–Crippen LogP) is 3.13. The predicted molar refractivity (Wildman–Crippen MR) is 120 cm³/mol. The highest BCUT2D eigenvalue weighted by atomic mass is 19.1. The number of carboxylic acids is 1. The lowest BCUT2D eigenvalue weighted by Crippen LogP contribution is -2.61. The van der Waals surface area contributed by atoms with Gasteiger partial charge >= 0.3 is 13.1 Å². The van der Waals surface area contributed by atoms with E-state index in [-0.39, 0.29) is 24.1 Å². The minimum atomic E-state index is -1.37. The van der Waals surface area contributed by atoms with Gasteiger partial charge in [-0.1, -0.05) is 37.1 Å². The zero-order chi connectivity index (χ0) is 22.6. The van der Waals surface area contributed by atoms with Gasteiger partial charge in [0, 0.05) is 18.8 Å². The molecule has 0 radical (unpaired) electrons. The fraction of sp³-hybridized carbons (Fsp3) is 0.435. The van der Waals surface area contributed by atoms with Crippen LogP contribution in [-0.2, 0) is 4.79 Å². The van der Waals surface area contributed by atoms with Gasteiger partial charge in [0.25, 0.3) is 0 Å². The van der Waals surface area contributed by atoms with Gasteiger partial charge in [0.1, 0.15) is 11.4 Å². The van der Waals surface area contributed by atoms with E-state index in [4.69, 9.17) is 15.8 Å². The zero-order valence-electron chi connectivity index (χ0n) is 17.7. The number of aliphatic carboxylic acids is 1. The van der Waals surface area contributed by atoms with Crippen LogP contribution >= 0.6 is 0 Å². The van der Waals surface area contributed by atoms with Crippen LogP contribution in [0.25, 0.3) is 11.1 Å². The summed E-state index contributed by atoms with van der Waals surface area (Å²) in [5.74, 6) is -1.37. The smallest absolute Gasteiger partial charge is 0.451 e. The maximum Gasteiger partial charge on any atom is 0.451 e. The molecule has 0 heterocycles. The highest BCUT2D eigenvalue weighted by Crippen LogP contribution is 2.42. The Morgan fingerprint density at radius 2 is 1.65 bits per heavy atom. The molecule has 1 atom stereocenters. The van der Waals surface area contributed by atoms with Gasteiger partial charge in [-0.3, -0.25) is 4.79 Å². The normalized spacial score (nSPS) is 19.9. The summed E-state index contributed by atoms with van der Waals surface area (Å²) >= 11 is 0. The van der Waals surface area contributed by atoms with Crippen molar-refractivity contribution >= 4 is 18.8 Å². The highest BCUT2D eigenvalue weighted by Gasteiger charge is 2.49. The van der Waals surface area contributed by atoms with Gasteiger partial charge in [0.15, 0.2) is 0 Å². The van der Waals surface area contributed by atoms with E-state index in [2.05, 4.69) is 4.90 Å². The molecule has 3 rings (SSSR count). The molecule has 166 valence electrons. The van der Waals surface area contributed by atoms with Gasteiger partial charge in [0.2, 0.25) is 0 Å². The second kappa shape index (κ2) is 9.81. The van der Waals surface area contributed by atoms with Gasteiger partial charge in [-0.25, -0.2) is 4.39 Å². The van der Waals surface area contributed by atoms with Crippen LogP contribution in [0.15, 0.2) is 48.5 Å². The molecule has 0 unspecified atom stereocenters. The molecule has 0 amide bonds. The van der Waals surface area contributed by atoms with Crippen LogP contribution < -0.4 is 10.6 Å². The molecule has 1 saturated carbocycles. The van der Waals surface area contributed by atoms with E-state index in [1.54, 1.807) is 12.1 Å². The number of anilines is 1. The summed E-state index contributed by atoms with van der Waals surface area (Å²) in [6, 6.07) is 14.6. The number of carboxylic acid groups (broad SMARTS) is 1. The SMILES string of the molecule is CN(c1ccc(-c2ccc(F)cc2)cc1)C1CC([C@@](N)(CCCCB(O)O)C(=O)O)C1. The van der Waals surface area contributed by atoms with E-state index in [1.807, 2.05) is 31.3 Å². The summed E-state index contributed by atoms with van der Waals surface area (Å²) in [4.78, 5) is 14.0. The molecule has 1 aliphatic rings. The highest BCUT2D eigenvalue weighted by molar-refractivity contribution is 6.40. The minimum Gasteiger partial charge on any atom is -0.480 e. The molecular weight excluding hydrogens is 398 g/mol. The number of nitrogens with two attached hydrogens (primary N) is 1. The number of hydrogen-bond donors (Lipinski definition) is 4. The monoisotopic (exact) mass is 428 g/mol. The lowest BCUT2D eigenvalue weighted by molar-refractivity contribution is -0.147. The van der Waals surface area contributed by atoms with Crippen LogP contribution in [0.1, 0.15) is 32.1 Å². The summed E-state index contributed by atoms with van der Waals surface area (Å²) in [6.45, 7) is 0. The molecule has 0 saturated heterocycles. The molecule has 0 spiro atoms. The Morgan fingerprint density at radius 1 is 1.10 bits per heavy atom. The Kier molecular flexibility index (Phi) is 7.36. The lowest BCUT2D eigenvalue weighted by atomic mass is 9.65. The minimum absolute atomic E-state index is 0.116. The maximum absolute atomic E-state index is 13.1. The molecule has 8 heteroatoms. The first-order valence-corrected chi connectivity index (χ1v) is 10.7. The first-order valence-electron chi connectivity index (χ1n) is 10.7. The van der Waals surface area contributed by atoms with Crippen LogP contribution in [-0.4, -0.2) is 46.9 Å². The van der Waals surface area contributed by atoms with Gasteiger partial charge in [0.05, 0.1) is 0 Å². The fourth-order valence-corrected chi connectivity index (χ4v) is 4.30. The van der Waals surface area contributed by atoms with E-state index in [9.17, 15) is 14.3 Å². The topological polar surface area (TPSA) is 107 Å². The van der Waals surface area contributed by atoms with Gasteiger partial charge in [-0.2, -0.15) is 0 Å². The summed E-state index contributed by atoms with van der Waals surface area (Å²) in [5, 5.41) is 27.6. The molecule has 0 bridgehead atoms. The number of hydrogen-bond acceptors (Lipinski definition) is 5. The molecule has 31 heavy (non-hydrogen) atoms. The average molecular weight is 428 g/mol. The van der Waals surface area contributed by atoms with Crippen molar-refractivity contribution in [2.45, 2.75) is 50.0 Å². The Bertz CT molecular complexity index is 872. The number of halogens is 1. The van der Waals surface area contributed by atoms with Gasteiger partial charge in [-0.15, -0.1) is 0 Å². The molecule has 1 fully saturated rings. The van der Waals surface area contributed by atoms with Crippen molar-refractivity contribution in [3.05, 3.63) is 54.3 Å². The molecule has 1 aliphatic carbocycles. The molecule has 2 aromatic carbocycles. The van der Waals surface area contributed by atoms with Crippen molar-refractivity contribution < 1.29 is 24.3 Å². The number of carbonyl (C=O) groups is 1. The van der Waals surface area contributed by atoms with Crippen molar-refractivity contribution in [1.82, 2.24) is 0 Å². The van der Waals surface area contributed by atoms with Crippen molar-refractivity contribution in [2.75, 3.05) is 11.9 Å². The van der Waals surface area contributed by atoms with Crippen LogP contribution in [0, 0.1) is 11.7 Å². The third kappa shape index (κ3) is 5.45. The molecule has 0 aromatic heterocycles. The number of benzene rings is 2. The van der Waals surface area contributed by atoms with E-state index in [0.29, 0.717) is 32.1 Å². The Balaban J connectivity index is 1.57. The zero-order valence-corrected chi connectivity index (χ0v) is 17.7. The Morgan fingerprint density at radius 3 is 2.16 bits per heavy atom. The van der Waals surface area contributed by atoms with E-state index < -0.39 is 18.6 Å². The largest absolute Gasteiger partial charge is 0.480 e. The Labute approximate surface area is 182 Å². The third-order valence-corrected chi connectivity index (χ3v) is 6.54. The maximum atomic E-state index is 13.1. The second-order valence-corrected chi connectivity index (χ2v) is 8.56. The van der Waals surface area contributed by atoms with Gasteiger partial charge in [-0.05, 0) is 66.9 Å². The van der Waals surface area contributed by atoms with Crippen LogP contribution in [0.3, 0.4) is 0 Å². The Hall–Kier alpha value is -2.42. The van der Waals surface area contributed by atoms with Crippen molar-refractivity contribution in [2.24, 2.45) is 11.7 Å². The van der Waals surface area contributed by atoms with Crippen LogP contribution in [0.5, 0.6) is 0 Å². The second-order valence-electron chi connectivity index (χ2n) is 8.56. The quantitative estimate of drug-likeness (QED) is 0.342. The first-order chi connectivity index (χ1) is 14.7. The van der Waals surface area contributed by atoms with Crippen LogP contribution in [0.2, 0.25) is 6.32 Å². The van der Waals surface area contributed by atoms with E-state index in [1.165, 1.54) is 12.1 Å². The lowest BCUT2D eigenvalue weighted by Gasteiger charge is -2.48. The van der Waals surface area contributed by atoms with E-state index in [0.717, 1.165) is 16.8 Å². The van der Waals surface area contributed by atoms with Crippen LogP contribution in [0.4, 0.5) is 10.1 Å². The molecule has 2 aromatic rings. The number of rotatable bonds is 10. The van der Waals surface area contributed by atoms with Crippen molar-refractivity contribution in [3.63, 3.8) is 0 Å². The molecule has 6 nitrogen and oxygen atoms in total. The standard InChI is InChI=1S/C23H30BFN2O4/c1-27(20-10-6-17(7-11-20)16-4-8-19(25)9-5-16)21-14-18(15-21)23(26,22(28)29)12-2-3-13-24(30)31/h4-11,18,21,30-31H,2-3,12-15,26H2,1H3,(H,28,29)/t18?,21?,23-/m0/s1. The van der Waals surface area contributed by atoms with Crippen molar-refractivity contribution in [1.29, 1.82) is 0 Å². The molecule has 5 N–H and O–H groups in total. The number of unbranched alkanes of at least 4 members (excludes halogenated alkanes) is 1. The summed E-state index contributed by atoms with van der Waals surface area (Å²) in [7, 11) is 0.628. The van der Waals surface area contributed by atoms with E-state index >= 15 is 0 Å². The molecular formula is C23H30BFN2O4. The average Bonchev–Trinajstić information content (AvgIpc) is 2.70. The summed E-state index contributed by atoms with van der Waals surface area (Å²) in [5.41, 5.74) is 7.98. The first kappa shape index (κ1) is 23.3. The van der Waals surface area contributed by atoms with Crippen molar-refractivity contribution in [3.8, 4) is 11.1 Å². The molecule has 0 aliphatic heterocycles. The third-order valence-electron chi connectivity index (χ3n) is 6.54.